The van der Waals surface area contributed by atoms with Gasteiger partial charge in [-0.2, -0.15) is 0 Å². The van der Waals surface area contributed by atoms with E-state index in [4.69, 9.17) is 42.6 Å². The van der Waals surface area contributed by atoms with Gasteiger partial charge in [-0.1, -0.05) is 13.8 Å². The number of guanidine groups is 1. The number of carbonyl (C=O) groups excluding carboxylic acids is 19. The van der Waals surface area contributed by atoms with Crippen LogP contribution in [0.4, 0.5) is 0 Å². The number of nitrogens with zero attached hydrogens (tertiary/aromatic N) is 6. The molecule has 19 atom stereocenters. The number of carbonyl (C=O) groups is 21. The SMILES string of the molecule is C#CC[C@H](NC(=O)CNC(=O)[C@@H]1CCCN1C(=O)[C@H](C)NC(=O)[C@@H]1CCCN1C(=O)[C@H](CCCNC(=N)N)NC(=O)[C@@H](NC(=O)[C@H](CC(=O)O)NC(=O)[C@@H]1CCCN1C(=O)[C@H](C)NC(=O)[C@H](CC#C)NC(=O)[C@H](CC#C)NC(=O)[C@@H](NC(=O)CNC(=O)[C@@H](N)Cc1c[nH]cn1)C(C)C)[C@@H](C)O)C(=O)N[C@@H](CC#C)C(=O)N[C@@H](C)C(=O)N1CCC[C@H]1C(=O)N1CCC[C@H]1C(=O)N[C@@H](C)C(=O)O. The maximum absolute atomic E-state index is 14.8. The number of aromatic amines is 1. The lowest BCUT2D eigenvalue weighted by Gasteiger charge is -2.32. The largest absolute Gasteiger partial charge is 0.481 e. The Morgan fingerprint density at radius 3 is 1.28 bits per heavy atom. The second-order valence-electron chi connectivity index (χ2n) is 33.7. The molecule has 5 aliphatic rings. The van der Waals surface area contributed by atoms with E-state index < -0.39 is 296 Å². The molecule has 0 radical (unpaired) electrons. The van der Waals surface area contributed by atoms with Crippen LogP contribution in [-0.4, -0.2) is 347 Å². The van der Waals surface area contributed by atoms with E-state index in [2.05, 4.69) is 113 Å². The van der Waals surface area contributed by atoms with Crippen molar-refractivity contribution in [1.29, 1.82) is 5.41 Å². The number of terminal acetylenes is 4. The fraction of sp³-hybridized carbons (Fsp3) is 0.616. The smallest absolute Gasteiger partial charge is 0.325 e. The van der Waals surface area contributed by atoms with Gasteiger partial charge in [0.1, 0.15) is 103 Å². The number of hydrogen-bond acceptors (Lipinski definition) is 25. The first-order chi connectivity index (χ1) is 63.9. The van der Waals surface area contributed by atoms with E-state index in [1.165, 1.54) is 48.7 Å². The lowest BCUT2D eigenvalue weighted by atomic mass is 10.0. The molecule has 0 aromatic carbocycles. The van der Waals surface area contributed by atoms with Crippen LogP contribution >= 0.6 is 0 Å². The molecule has 49 nitrogen and oxygen atoms in total. The van der Waals surface area contributed by atoms with Gasteiger partial charge in [0.15, 0.2) is 5.96 Å². The zero-order valence-electron chi connectivity index (χ0n) is 76.1. The van der Waals surface area contributed by atoms with Crippen LogP contribution in [-0.2, 0) is 107 Å². The van der Waals surface area contributed by atoms with Crippen molar-refractivity contribution >= 4 is 130 Å². The minimum absolute atomic E-state index is 0.00560. The van der Waals surface area contributed by atoms with Crippen molar-refractivity contribution in [2.75, 3.05) is 52.4 Å². The second-order valence-corrected chi connectivity index (χ2v) is 33.7. The summed E-state index contributed by atoms with van der Waals surface area (Å²) in [5.74, 6) is -11.9. The number of aliphatic hydroxyl groups excluding tert-OH is 1. The van der Waals surface area contributed by atoms with Crippen LogP contribution in [0.3, 0.4) is 0 Å². The predicted octanol–water partition coefficient (Wildman–Crippen LogP) is -9.68. The summed E-state index contributed by atoms with van der Waals surface area (Å²) >= 11 is 0. The van der Waals surface area contributed by atoms with Crippen LogP contribution in [0.2, 0.25) is 0 Å². The number of rotatable bonds is 48. The molecule has 19 amide bonds. The fourth-order valence-electron chi connectivity index (χ4n) is 15.9. The minimum atomic E-state index is -2.03. The maximum Gasteiger partial charge on any atom is 0.325 e. The first-order valence-corrected chi connectivity index (χ1v) is 44.3. The third-order valence-electron chi connectivity index (χ3n) is 23.0. The van der Waals surface area contributed by atoms with Crippen LogP contribution in [0.1, 0.15) is 163 Å². The van der Waals surface area contributed by atoms with Crippen molar-refractivity contribution < 1.29 is 116 Å². The zero-order chi connectivity index (χ0) is 100. The Hall–Kier alpha value is -14.5. The topological polar surface area (TPSA) is 720 Å². The van der Waals surface area contributed by atoms with E-state index in [0.717, 1.165) is 16.7 Å². The molecule has 6 rings (SSSR count). The summed E-state index contributed by atoms with van der Waals surface area (Å²) in [7, 11) is 0. The number of aromatic nitrogens is 2. The van der Waals surface area contributed by atoms with Gasteiger partial charge in [-0.05, 0) is 118 Å². The number of amides is 19. The number of carboxylic acid groups (broad SMARTS) is 2. The number of likely N-dealkylation sites (tertiary alicyclic amines) is 5. The Bertz CT molecular complexity index is 4730. The number of imidazole rings is 1. The molecule has 1 aromatic heterocycles. The highest BCUT2D eigenvalue weighted by Gasteiger charge is 2.47. The molecule has 0 saturated carbocycles. The van der Waals surface area contributed by atoms with Crippen LogP contribution < -0.4 is 91.2 Å². The van der Waals surface area contributed by atoms with Crippen molar-refractivity contribution in [1.82, 2.24) is 114 Å². The van der Waals surface area contributed by atoms with Gasteiger partial charge in [0.2, 0.25) is 112 Å². The normalized spacial score (nSPS) is 19.7. The fourth-order valence-corrected chi connectivity index (χ4v) is 15.9. The molecular formula is C86H123N25O24. The number of hydrogen-bond donors (Lipinski definition) is 22. The number of nitrogens with two attached hydrogens (primary N) is 2. The molecule has 5 aliphatic heterocycles. The number of aliphatic hydroxyl groups is 1. The van der Waals surface area contributed by atoms with E-state index in [1.807, 2.05) is 0 Å². The van der Waals surface area contributed by atoms with E-state index in [9.17, 15) is 116 Å². The van der Waals surface area contributed by atoms with Crippen LogP contribution in [0.15, 0.2) is 12.5 Å². The first kappa shape index (κ1) is 109. The molecule has 49 heteroatoms. The van der Waals surface area contributed by atoms with Gasteiger partial charge in [0.25, 0.3) is 0 Å². The number of nitrogens with one attached hydrogen (secondary N) is 17. The van der Waals surface area contributed by atoms with Crippen LogP contribution in [0.5, 0.6) is 0 Å². The molecule has 24 N–H and O–H groups in total. The average Bonchev–Trinajstić information content (AvgIpc) is 1.67. The Balaban J connectivity index is 1.02. The van der Waals surface area contributed by atoms with Gasteiger partial charge < -0.3 is 136 Å². The summed E-state index contributed by atoms with van der Waals surface area (Å²) in [6.07, 6.45) is 22.4. The summed E-state index contributed by atoms with van der Waals surface area (Å²) in [6.45, 7) is 8.13. The summed E-state index contributed by atoms with van der Waals surface area (Å²) < 4.78 is 0. The highest BCUT2D eigenvalue weighted by atomic mass is 16.4. The van der Waals surface area contributed by atoms with E-state index >= 15 is 0 Å². The van der Waals surface area contributed by atoms with Crippen molar-refractivity contribution in [2.24, 2.45) is 17.4 Å². The highest BCUT2D eigenvalue weighted by molar-refractivity contribution is 6.03. The molecule has 0 bridgehead atoms. The van der Waals surface area contributed by atoms with Gasteiger partial charge >= 0.3 is 11.9 Å². The Morgan fingerprint density at radius 2 is 0.830 bits per heavy atom. The average molecular weight is 1890 g/mol. The maximum atomic E-state index is 14.8. The Morgan fingerprint density at radius 1 is 0.444 bits per heavy atom. The summed E-state index contributed by atoms with van der Waals surface area (Å²) in [4.78, 5) is 299. The van der Waals surface area contributed by atoms with E-state index in [-0.39, 0.29) is 110 Å². The molecule has 0 aliphatic carbocycles. The summed E-state index contributed by atoms with van der Waals surface area (Å²) in [6, 6.07) is -25.3. The highest BCUT2D eigenvalue weighted by Crippen LogP contribution is 2.28. The first-order valence-electron chi connectivity index (χ1n) is 44.3. The lowest BCUT2D eigenvalue weighted by molar-refractivity contribution is -0.148. The van der Waals surface area contributed by atoms with Crippen molar-refractivity contribution in [2.45, 2.75) is 279 Å². The standard InChI is InChI=1S/C86H123N25O24/c1-12-22-52(71(120)100-53(23-13-2)69(118)96-46(8)82(131)111-37-21-31-62(111)84(133)110-36-20-29-60(110)76(125)98-48(10)85(134)135)99-63(113)41-93-74(123)58-27-17-33-107(58)81(130)47(9)97-75(124)59-28-19-35-109(59)83(132)56(26-16-32-91-86(88)89)103-79(128)67(49(11)112)106-73(122)57(39-65(115)116)104-77(126)61-30-18-34-108(61)80(129)45(7)95-70(119)54(24-14-3)101-72(121)55(25-15-4)102-78(127)66(44(5)6)105-64(114)42-92-68(117)51(87)38-50-40-90-43-94-50/h1-4,40,43-49,51-62,66-67,112H,16-39,41-42,87H2,5-11H3,(H,90,94)(H,92,117)(H,93,123)(H,95,119)(H,96,118)(H,97,124)(H,98,125)(H,99,113)(H,100,120)(H,101,121)(H,102,127)(H,103,128)(H,104,126)(H,105,114)(H,106,122)(H,115,116)(H,134,135)(H4,88,89,91)/t45-,46-,47-,48-,49+,51-,52-,53-,54-,55-,56-,57-,58-,59-,60-,61-,62-,66-,67-/m0/s1. The van der Waals surface area contributed by atoms with Crippen molar-refractivity contribution in [3.63, 3.8) is 0 Å². The number of carboxylic acids is 2. The number of H-pyrrole nitrogens is 1. The summed E-state index contributed by atoms with van der Waals surface area (Å²) in [5.41, 5.74) is 11.9. The zero-order valence-corrected chi connectivity index (χ0v) is 76.1. The summed E-state index contributed by atoms with van der Waals surface area (Å²) in [5, 5.41) is 74.6. The molecule has 5 saturated heterocycles. The van der Waals surface area contributed by atoms with Gasteiger partial charge in [-0.25, -0.2) is 4.98 Å². The van der Waals surface area contributed by atoms with E-state index in [0.29, 0.717) is 18.5 Å². The quantitative estimate of drug-likeness (QED) is 0.0125. The van der Waals surface area contributed by atoms with Crippen LogP contribution in [0.25, 0.3) is 0 Å². The number of aliphatic carboxylic acids is 2. The van der Waals surface area contributed by atoms with Gasteiger partial charge in [0, 0.05) is 77.6 Å². The van der Waals surface area contributed by atoms with Crippen molar-refractivity contribution in [3.8, 4) is 49.4 Å². The monoisotopic (exact) mass is 1890 g/mol. The third kappa shape index (κ3) is 31.9. The molecule has 0 spiro atoms. The Kier molecular flexibility index (Phi) is 42.6. The molecule has 1 aromatic rings. The Labute approximate surface area is 778 Å². The third-order valence-corrected chi connectivity index (χ3v) is 23.0. The minimum Gasteiger partial charge on any atom is -0.481 e. The predicted molar refractivity (Wildman–Crippen MR) is 475 cm³/mol. The van der Waals surface area contributed by atoms with Gasteiger partial charge in [0.05, 0.1) is 43.7 Å². The van der Waals surface area contributed by atoms with E-state index in [1.54, 1.807) is 20.0 Å². The molecule has 135 heavy (non-hydrogen) atoms. The van der Waals surface area contributed by atoms with Gasteiger partial charge in [-0.15, -0.1) is 49.4 Å². The lowest BCUT2D eigenvalue weighted by Crippen LogP contribution is -2.62. The molecule has 5 fully saturated rings. The molecule has 0 unspecified atom stereocenters. The van der Waals surface area contributed by atoms with Gasteiger partial charge in [-0.3, -0.25) is 106 Å². The molecule has 6 heterocycles. The van der Waals surface area contributed by atoms with Crippen LogP contribution in [0, 0.1) is 60.7 Å². The molecular weight excluding hydrogens is 1770 g/mol. The van der Waals surface area contributed by atoms with Crippen molar-refractivity contribution in [3.05, 3.63) is 18.2 Å². The molecule has 736 valence electrons. The second kappa shape index (κ2) is 52.7.